The Morgan fingerprint density at radius 1 is 0.973 bits per heavy atom. The molecule has 5 rings (SSSR count). The summed E-state index contributed by atoms with van der Waals surface area (Å²) in [7, 11) is 0. The summed E-state index contributed by atoms with van der Waals surface area (Å²) in [5, 5.41) is 9.84. The molecule has 2 bridgehead atoms. The standard InChI is InChI=1S/C30H37N3O4/c34-27-13-15-33(21-27)29(35)17-24-12-14-32-20-25(24)10-6-16-37-28-11-5-4-9-26(28)19-31(22-30(32)36)18-23-7-2-1-3-8-23/h1-11,24-25,27,34H,12-22H2/b10-6+/t24-,25-,27+/m0/s1. The van der Waals surface area contributed by atoms with Gasteiger partial charge in [-0.2, -0.15) is 0 Å². The Hall–Kier alpha value is -3.16. The molecule has 0 aliphatic carbocycles. The number of carbonyl (C=O) groups excluding carboxylic acids is 2. The van der Waals surface area contributed by atoms with Crippen LogP contribution in [0.4, 0.5) is 0 Å². The highest BCUT2D eigenvalue weighted by atomic mass is 16.5. The number of rotatable bonds is 4. The lowest BCUT2D eigenvalue weighted by atomic mass is 9.82. The van der Waals surface area contributed by atoms with Gasteiger partial charge in [0, 0.05) is 51.3 Å². The number of ether oxygens (including phenoxy) is 1. The molecule has 0 unspecified atom stereocenters. The smallest absolute Gasteiger partial charge is 0.236 e. The van der Waals surface area contributed by atoms with E-state index < -0.39 is 6.10 Å². The van der Waals surface area contributed by atoms with Crippen molar-refractivity contribution < 1.29 is 19.4 Å². The van der Waals surface area contributed by atoms with E-state index in [1.807, 2.05) is 47.4 Å². The first-order valence-electron chi connectivity index (χ1n) is 13.4. The van der Waals surface area contributed by atoms with E-state index in [4.69, 9.17) is 4.74 Å². The van der Waals surface area contributed by atoms with Gasteiger partial charge in [-0.25, -0.2) is 0 Å². The Kier molecular flexibility index (Phi) is 8.21. The van der Waals surface area contributed by atoms with E-state index in [2.05, 4.69) is 29.2 Å². The summed E-state index contributed by atoms with van der Waals surface area (Å²) in [4.78, 5) is 32.4. The number of amides is 2. The van der Waals surface area contributed by atoms with Gasteiger partial charge in [0.05, 0.1) is 12.6 Å². The Labute approximate surface area is 219 Å². The molecule has 0 aromatic heterocycles. The quantitative estimate of drug-likeness (QED) is 0.650. The number of hydrogen-bond donors (Lipinski definition) is 1. The van der Waals surface area contributed by atoms with Gasteiger partial charge in [0.2, 0.25) is 11.8 Å². The molecule has 196 valence electrons. The van der Waals surface area contributed by atoms with Gasteiger partial charge in [-0.15, -0.1) is 0 Å². The van der Waals surface area contributed by atoms with Gasteiger partial charge in [-0.05, 0) is 36.3 Å². The Balaban J connectivity index is 1.34. The number of piperidine rings is 1. The van der Waals surface area contributed by atoms with Crippen LogP contribution in [0.2, 0.25) is 0 Å². The highest BCUT2D eigenvalue weighted by molar-refractivity contribution is 5.79. The van der Waals surface area contributed by atoms with Gasteiger partial charge in [0.25, 0.3) is 0 Å². The average Bonchev–Trinajstić information content (AvgIpc) is 3.35. The van der Waals surface area contributed by atoms with Crippen LogP contribution in [-0.2, 0) is 22.7 Å². The first kappa shape index (κ1) is 25.5. The summed E-state index contributed by atoms with van der Waals surface area (Å²) in [6.45, 7) is 4.40. The number of β-amino-alcohol motifs (C(OH)–C–C–N with tert-alkyl or cyclic N) is 1. The van der Waals surface area contributed by atoms with Crippen LogP contribution < -0.4 is 4.74 Å². The second-order valence-corrected chi connectivity index (χ2v) is 10.5. The molecule has 0 saturated carbocycles. The summed E-state index contributed by atoms with van der Waals surface area (Å²) < 4.78 is 6.16. The fourth-order valence-electron chi connectivity index (χ4n) is 5.74. The zero-order valence-corrected chi connectivity index (χ0v) is 21.4. The van der Waals surface area contributed by atoms with Crippen molar-refractivity contribution in [3.8, 4) is 5.75 Å². The molecule has 1 N–H and O–H groups in total. The van der Waals surface area contributed by atoms with Gasteiger partial charge in [-0.1, -0.05) is 60.7 Å². The molecule has 2 fully saturated rings. The third-order valence-electron chi connectivity index (χ3n) is 7.80. The monoisotopic (exact) mass is 503 g/mol. The molecule has 2 aromatic rings. The summed E-state index contributed by atoms with van der Waals surface area (Å²) in [6, 6.07) is 18.3. The maximum absolute atomic E-state index is 13.5. The zero-order chi connectivity index (χ0) is 25.6. The van der Waals surface area contributed by atoms with E-state index in [0.717, 1.165) is 17.7 Å². The molecule has 7 nitrogen and oxygen atoms in total. The van der Waals surface area contributed by atoms with Crippen molar-refractivity contribution in [2.24, 2.45) is 11.8 Å². The molecule has 3 atom stereocenters. The van der Waals surface area contributed by atoms with Crippen molar-refractivity contribution in [1.29, 1.82) is 0 Å². The third-order valence-corrected chi connectivity index (χ3v) is 7.80. The molecule has 0 spiro atoms. The summed E-state index contributed by atoms with van der Waals surface area (Å²) in [6.07, 6.45) is 5.66. The summed E-state index contributed by atoms with van der Waals surface area (Å²) in [5.74, 6) is 1.33. The number of nitrogens with zero attached hydrogens (tertiary/aromatic N) is 3. The van der Waals surface area contributed by atoms with Crippen LogP contribution in [0.25, 0.3) is 0 Å². The van der Waals surface area contributed by atoms with Crippen molar-refractivity contribution in [2.75, 3.05) is 39.3 Å². The number of carbonyl (C=O) groups is 2. The lowest BCUT2D eigenvalue weighted by Gasteiger charge is -2.38. The normalized spacial score (nSPS) is 25.9. The molecule has 2 aromatic carbocycles. The summed E-state index contributed by atoms with van der Waals surface area (Å²) in [5.41, 5.74) is 2.23. The van der Waals surface area contributed by atoms with Crippen LogP contribution in [0.3, 0.4) is 0 Å². The van der Waals surface area contributed by atoms with Crippen molar-refractivity contribution >= 4 is 11.8 Å². The molecule has 0 radical (unpaired) electrons. The van der Waals surface area contributed by atoms with E-state index in [0.29, 0.717) is 65.3 Å². The van der Waals surface area contributed by atoms with Crippen LogP contribution in [-0.4, -0.2) is 77.1 Å². The molecule has 7 heteroatoms. The van der Waals surface area contributed by atoms with E-state index in [1.54, 1.807) is 4.90 Å². The van der Waals surface area contributed by atoms with E-state index >= 15 is 0 Å². The van der Waals surface area contributed by atoms with Crippen LogP contribution in [0.1, 0.15) is 30.4 Å². The number of aliphatic hydroxyl groups is 1. The van der Waals surface area contributed by atoms with E-state index in [1.165, 1.54) is 5.56 Å². The minimum absolute atomic E-state index is 0.0938. The van der Waals surface area contributed by atoms with Crippen molar-refractivity contribution in [3.05, 3.63) is 77.9 Å². The zero-order valence-electron chi connectivity index (χ0n) is 21.4. The maximum Gasteiger partial charge on any atom is 0.236 e. The van der Waals surface area contributed by atoms with Gasteiger partial charge in [-0.3, -0.25) is 14.5 Å². The van der Waals surface area contributed by atoms with Crippen molar-refractivity contribution in [1.82, 2.24) is 14.7 Å². The number of hydrogen-bond acceptors (Lipinski definition) is 5. The van der Waals surface area contributed by atoms with Gasteiger partial charge in [0.1, 0.15) is 12.4 Å². The first-order valence-corrected chi connectivity index (χ1v) is 13.4. The second-order valence-electron chi connectivity index (χ2n) is 10.5. The summed E-state index contributed by atoms with van der Waals surface area (Å²) >= 11 is 0. The molecule has 2 saturated heterocycles. The molecule has 37 heavy (non-hydrogen) atoms. The fourth-order valence-corrected chi connectivity index (χ4v) is 5.74. The number of likely N-dealkylation sites (tertiary alicyclic amines) is 1. The lowest BCUT2D eigenvalue weighted by Crippen LogP contribution is -2.47. The molecule has 3 heterocycles. The Bertz CT molecular complexity index is 1110. The van der Waals surface area contributed by atoms with Gasteiger partial charge >= 0.3 is 0 Å². The number of benzene rings is 2. The Morgan fingerprint density at radius 3 is 2.59 bits per heavy atom. The SMILES string of the molecule is O=C(C[C@@H]1CCN2C[C@@H]1/C=C/COc1ccccc1CN(Cc1ccccc1)CC2=O)N1CC[C@@H](O)C1. The predicted molar refractivity (Wildman–Crippen MR) is 142 cm³/mol. The van der Waals surface area contributed by atoms with Gasteiger partial charge in [0.15, 0.2) is 0 Å². The maximum atomic E-state index is 13.5. The van der Waals surface area contributed by atoms with Crippen LogP contribution in [0, 0.1) is 11.8 Å². The van der Waals surface area contributed by atoms with Crippen molar-refractivity contribution in [3.63, 3.8) is 0 Å². The van der Waals surface area contributed by atoms with E-state index in [-0.39, 0.29) is 23.7 Å². The number of fused-ring (bicyclic) bond motifs is 3. The van der Waals surface area contributed by atoms with Crippen LogP contribution in [0.5, 0.6) is 5.75 Å². The van der Waals surface area contributed by atoms with Crippen molar-refractivity contribution in [2.45, 2.75) is 38.5 Å². The van der Waals surface area contributed by atoms with Crippen LogP contribution >= 0.6 is 0 Å². The highest BCUT2D eigenvalue weighted by Gasteiger charge is 2.34. The lowest BCUT2D eigenvalue weighted by molar-refractivity contribution is -0.136. The van der Waals surface area contributed by atoms with Crippen LogP contribution in [0.15, 0.2) is 66.7 Å². The molecular weight excluding hydrogens is 466 g/mol. The second kappa shape index (κ2) is 11.9. The molecule has 2 amide bonds. The average molecular weight is 504 g/mol. The third kappa shape index (κ3) is 6.59. The predicted octanol–water partition coefficient (Wildman–Crippen LogP) is 3.09. The van der Waals surface area contributed by atoms with E-state index in [9.17, 15) is 14.7 Å². The minimum Gasteiger partial charge on any atom is -0.489 e. The topological polar surface area (TPSA) is 73.3 Å². The fraction of sp³-hybridized carbons (Fsp3) is 0.467. The first-order chi connectivity index (χ1) is 18.0. The Morgan fingerprint density at radius 2 is 1.78 bits per heavy atom. The largest absolute Gasteiger partial charge is 0.489 e. The molecule has 3 aliphatic rings. The minimum atomic E-state index is -0.410. The van der Waals surface area contributed by atoms with Gasteiger partial charge < -0.3 is 19.6 Å². The molecular formula is C30H37N3O4. The number of aliphatic hydroxyl groups excluding tert-OH is 1. The molecule has 3 aliphatic heterocycles. The number of para-hydroxylation sites is 1. The highest BCUT2D eigenvalue weighted by Crippen LogP contribution is 2.30.